The van der Waals surface area contributed by atoms with E-state index in [2.05, 4.69) is 123 Å². The zero-order valence-corrected chi connectivity index (χ0v) is 19.9. The summed E-state index contributed by atoms with van der Waals surface area (Å²) in [5, 5.41) is 6.76. The van der Waals surface area contributed by atoms with Gasteiger partial charge in [0, 0.05) is 32.5 Å². The van der Waals surface area contributed by atoms with Gasteiger partial charge in [0.2, 0.25) is 0 Å². The number of para-hydroxylation sites is 1. The number of nitrogens with zero attached hydrogens (tertiary/aromatic N) is 2. The summed E-state index contributed by atoms with van der Waals surface area (Å²) in [6.07, 6.45) is 0. The third-order valence-corrected chi connectivity index (χ3v) is 8.78. The Morgan fingerprint density at radius 2 is 1.31 bits per heavy atom. The lowest BCUT2D eigenvalue weighted by molar-refractivity contribution is 0.666. The van der Waals surface area contributed by atoms with Gasteiger partial charge in [-0.1, -0.05) is 74.5 Å². The lowest BCUT2D eigenvalue weighted by Gasteiger charge is -2.21. The van der Waals surface area contributed by atoms with Crippen LogP contribution in [0.4, 0.5) is 0 Å². The van der Waals surface area contributed by atoms with Crippen molar-refractivity contribution < 1.29 is 0 Å². The van der Waals surface area contributed by atoms with Gasteiger partial charge in [0.1, 0.15) is 0 Å². The molecule has 0 radical (unpaired) electrons. The molecule has 7 aromatic rings. The van der Waals surface area contributed by atoms with Crippen LogP contribution in [0.1, 0.15) is 25.0 Å². The predicted molar refractivity (Wildman–Crippen MR) is 144 cm³/mol. The van der Waals surface area contributed by atoms with Crippen LogP contribution in [-0.2, 0) is 5.41 Å². The first-order valence-corrected chi connectivity index (χ1v) is 12.1. The smallest absolute Gasteiger partial charge is 0.0646 e. The molecule has 0 amide bonds. The minimum absolute atomic E-state index is 0.0365. The van der Waals surface area contributed by atoms with Crippen LogP contribution in [0.25, 0.3) is 60.3 Å². The van der Waals surface area contributed by atoms with Crippen LogP contribution in [0.15, 0.2) is 78.9 Å². The molecule has 0 spiro atoms. The second-order valence-corrected chi connectivity index (χ2v) is 10.5. The first kappa shape index (κ1) is 17.5. The van der Waals surface area contributed by atoms with Crippen molar-refractivity contribution in [3.8, 4) is 11.3 Å². The molecule has 8 rings (SSSR count). The van der Waals surface area contributed by atoms with E-state index in [0.717, 1.165) is 0 Å². The highest BCUT2D eigenvalue weighted by atomic mass is 127. The maximum absolute atomic E-state index is 2.58. The molecule has 0 fully saturated rings. The molecule has 0 saturated heterocycles. The van der Waals surface area contributed by atoms with Crippen LogP contribution in [0.2, 0.25) is 0 Å². The van der Waals surface area contributed by atoms with E-state index in [9.17, 15) is 0 Å². The average molecular weight is 522 g/mol. The summed E-state index contributed by atoms with van der Waals surface area (Å²) in [5.41, 5.74) is 10.8. The van der Waals surface area contributed by atoms with E-state index < -0.39 is 0 Å². The Bertz CT molecular complexity index is 1920. The molecule has 1 aliphatic carbocycles. The Morgan fingerprint density at radius 3 is 2.19 bits per heavy atom. The van der Waals surface area contributed by atoms with Crippen LogP contribution in [0.3, 0.4) is 0 Å². The zero-order chi connectivity index (χ0) is 21.4. The Kier molecular flexibility index (Phi) is 2.99. The van der Waals surface area contributed by atoms with Crippen LogP contribution in [0, 0.1) is 0 Å². The molecule has 3 heterocycles. The van der Waals surface area contributed by atoms with Crippen LogP contribution in [-0.4, -0.2) is 7.18 Å². The third kappa shape index (κ3) is 1.75. The third-order valence-electron chi connectivity index (χ3n) is 7.74. The fourth-order valence-corrected chi connectivity index (χ4v) is 7.31. The van der Waals surface area contributed by atoms with Crippen molar-refractivity contribution in [3.63, 3.8) is 0 Å². The molecule has 2 nitrogen and oxygen atoms in total. The van der Waals surface area contributed by atoms with Gasteiger partial charge >= 0.3 is 0 Å². The first-order valence-electron chi connectivity index (χ1n) is 11.1. The van der Waals surface area contributed by atoms with Gasteiger partial charge in [0.15, 0.2) is 0 Å². The predicted octanol–water partition coefficient (Wildman–Crippen LogP) is 8.30. The summed E-state index contributed by atoms with van der Waals surface area (Å²) >= 11 is 2.46. The molecule has 0 aliphatic heterocycles. The molecule has 3 aromatic heterocycles. The number of hydrogen-bond acceptors (Lipinski definition) is 0. The van der Waals surface area contributed by atoms with Gasteiger partial charge in [0.25, 0.3) is 0 Å². The fourth-order valence-electron chi connectivity index (χ4n) is 6.51. The maximum atomic E-state index is 2.58. The summed E-state index contributed by atoms with van der Waals surface area (Å²) in [7, 11) is 0. The first-order chi connectivity index (χ1) is 15.6. The Balaban J connectivity index is 1.83. The van der Waals surface area contributed by atoms with E-state index in [1.165, 1.54) is 71.4 Å². The molecule has 1 aliphatic rings. The molecule has 0 unspecified atom stereocenters. The van der Waals surface area contributed by atoms with Gasteiger partial charge in [-0.2, -0.15) is 0 Å². The largest absolute Gasteiger partial charge is 0.308 e. The number of halogens is 1. The summed E-state index contributed by atoms with van der Waals surface area (Å²) in [5.74, 6) is 0. The molecule has 0 atom stereocenters. The minimum atomic E-state index is -0.0365. The summed E-state index contributed by atoms with van der Waals surface area (Å²) in [6, 6.07) is 29.4. The average Bonchev–Trinajstić information content (AvgIpc) is 3.36. The van der Waals surface area contributed by atoms with E-state index in [1.807, 2.05) is 0 Å². The molecule has 152 valence electrons. The SMILES string of the molecule is CC1(C)c2ccccc2-c2c1c1cccc3c4cccc5c4c4c(cccc4n2c13)n5I. The van der Waals surface area contributed by atoms with E-state index >= 15 is 0 Å². The van der Waals surface area contributed by atoms with Crippen LogP contribution >= 0.6 is 22.9 Å². The number of benzene rings is 4. The molecular weight excluding hydrogens is 503 g/mol. The Labute approximate surface area is 198 Å². The number of hydrogen-bond donors (Lipinski definition) is 0. The molecule has 32 heavy (non-hydrogen) atoms. The quantitative estimate of drug-likeness (QED) is 0.177. The van der Waals surface area contributed by atoms with Gasteiger partial charge in [-0.25, -0.2) is 0 Å². The molecule has 0 saturated carbocycles. The Hall–Kier alpha value is -3.05. The van der Waals surface area contributed by atoms with Crippen molar-refractivity contribution in [2.24, 2.45) is 0 Å². The standard InChI is InChI=1S/C29H19IN2/c1-29(2)20-12-4-3-8-18(20)28-26(29)19-11-5-10-17-16-9-6-14-22-24(16)25-21(31(28)27(17)19)13-7-15-23(25)32(22)30/h3-15H,1-2H3. The summed E-state index contributed by atoms with van der Waals surface area (Å²) < 4.78 is 4.90. The van der Waals surface area contributed by atoms with E-state index in [4.69, 9.17) is 0 Å². The van der Waals surface area contributed by atoms with Crippen molar-refractivity contribution in [1.29, 1.82) is 0 Å². The topological polar surface area (TPSA) is 9.34 Å². The van der Waals surface area contributed by atoms with Gasteiger partial charge in [0.05, 0.1) is 50.6 Å². The van der Waals surface area contributed by atoms with Crippen molar-refractivity contribution in [2.45, 2.75) is 19.3 Å². The van der Waals surface area contributed by atoms with Crippen molar-refractivity contribution in [1.82, 2.24) is 7.18 Å². The van der Waals surface area contributed by atoms with Gasteiger partial charge in [-0.15, -0.1) is 0 Å². The maximum Gasteiger partial charge on any atom is 0.0646 e. The molecule has 0 bridgehead atoms. The van der Waals surface area contributed by atoms with Gasteiger partial charge in [-0.3, -0.25) is 2.78 Å². The van der Waals surface area contributed by atoms with Gasteiger partial charge in [-0.05, 0) is 34.7 Å². The normalized spacial score (nSPS) is 15.0. The van der Waals surface area contributed by atoms with Crippen molar-refractivity contribution in [2.75, 3.05) is 0 Å². The molecule has 4 aromatic carbocycles. The van der Waals surface area contributed by atoms with Gasteiger partial charge < -0.3 is 4.40 Å². The molecule has 3 heteroatoms. The molecule has 0 N–H and O–H groups in total. The summed E-state index contributed by atoms with van der Waals surface area (Å²) in [6.45, 7) is 4.77. The number of rotatable bonds is 0. The van der Waals surface area contributed by atoms with Crippen molar-refractivity contribution >= 4 is 71.9 Å². The van der Waals surface area contributed by atoms with Crippen molar-refractivity contribution in [3.05, 3.63) is 90.0 Å². The Morgan fingerprint density at radius 1 is 0.656 bits per heavy atom. The van der Waals surface area contributed by atoms with Crippen LogP contribution in [0.5, 0.6) is 0 Å². The monoisotopic (exact) mass is 522 g/mol. The highest BCUT2D eigenvalue weighted by Gasteiger charge is 2.40. The minimum Gasteiger partial charge on any atom is -0.308 e. The number of aromatic nitrogens is 2. The van der Waals surface area contributed by atoms with Crippen LogP contribution < -0.4 is 0 Å². The highest BCUT2D eigenvalue weighted by Crippen LogP contribution is 2.54. The highest BCUT2D eigenvalue weighted by molar-refractivity contribution is 14.1. The second-order valence-electron chi connectivity index (χ2n) is 9.58. The lowest BCUT2D eigenvalue weighted by atomic mass is 9.81. The molecular formula is C29H19IN2. The van der Waals surface area contributed by atoms with E-state index in [0.29, 0.717) is 0 Å². The zero-order valence-electron chi connectivity index (χ0n) is 17.8. The van der Waals surface area contributed by atoms with E-state index in [-0.39, 0.29) is 5.41 Å². The van der Waals surface area contributed by atoms with E-state index in [1.54, 1.807) is 0 Å². The summed E-state index contributed by atoms with van der Waals surface area (Å²) in [4.78, 5) is 0. The number of fused-ring (bicyclic) bond motifs is 7. The lowest BCUT2D eigenvalue weighted by Crippen LogP contribution is -2.14. The second kappa shape index (κ2) is 5.46. The fraction of sp³-hybridized carbons (Fsp3) is 0.103.